The normalized spacial score (nSPS) is 42.4. The quantitative estimate of drug-likeness (QED) is 0.203. The highest BCUT2D eigenvalue weighted by atomic mass is 16.5. The van der Waals surface area contributed by atoms with Crippen LogP contribution in [0.25, 0.3) is 0 Å². The van der Waals surface area contributed by atoms with E-state index in [9.17, 15) is 9.59 Å². The van der Waals surface area contributed by atoms with E-state index >= 15 is 4.79 Å². The zero-order chi connectivity index (χ0) is 46.5. The molecule has 0 spiro atoms. The summed E-state index contributed by atoms with van der Waals surface area (Å²) in [6.45, 7) is 26.8. The molecule has 12 atom stereocenters. The first-order valence-electron chi connectivity index (χ1n) is 27.0. The third-order valence-corrected chi connectivity index (χ3v) is 22.6. The Bertz CT molecular complexity index is 1970. The number of ether oxygens (including phenoxy) is 4. The van der Waals surface area contributed by atoms with Crippen molar-refractivity contribution >= 4 is 17.8 Å². The van der Waals surface area contributed by atoms with Crippen LogP contribution in [0.3, 0.4) is 0 Å². The second-order valence-electron chi connectivity index (χ2n) is 26.0. The Balaban J connectivity index is 0.804. The predicted octanol–water partition coefficient (Wildman–Crippen LogP) is 10.5. The number of morpholine rings is 1. The number of likely N-dealkylation sites (tertiary alicyclic amines) is 1. The number of piperidine rings is 1. The molecule has 9 nitrogen and oxygen atoms in total. The molecule has 0 N–H and O–H groups in total. The van der Waals surface area contributed by atoms with Gasteiger partial charge in [-0.2, -0.15) is 0 Å². The summed E-state index contributed by atoms with van der Waals surface area (Å²) < 4.78 is 24.4. The minimum atomic E-state index is -0.509. The van der Waals surface area contributed by atoms with Crippen molar-refractivity contribution in [2.45, 2.75) is 171 Å². The molecule has 1 amide bonds. The average molecular weight is 911 g/mol. The van der Waals surface area contributed by atoms with E-state index in [2.05, 4.69) is 51.3 Å². The van der Waals surface area contributed by atoms with Gasteiger partial charge in [-0.3, -0.25) is 19.3 Å². The van der Waals surface area contributed by atoms with Crippen molar-refractivity contribution in [2.24, 2.45) is 79.3 Å². The Morgan fingerprint density at radius 1 is 0.667 bits per heavy atom. The van der Waals surface area contributed by atoms with E-state index in [-0.39, 0.29) is 69.7 Å². The number of nitrogens with zero attached hydrogens (tertiary/aromatic N) is 2. The van der Waals surface area contributed by atoms with Gasteiger partial charge in [0.2, 0.25) is 5.91 Å². The number of carbonyl (C=O) groups is 3. The van der Waals surface area contributed by atoms with Gasteiger partial charge in [0, 0.05) is 38.1 Å². The van der Waals surface area contributed by atoms with E-state index in [1.165, 1.54) is 44.9 Å². The molecule has 0 unspecified atom stereocenters. The zero-order valence-corrected chi connectivity index (χ0v) is 42.3. The number of fused-ring (bicyclic) bond motifs is 7. The van der Waals surface area contributed by atoms with Crippen LogP contribution in [0.1, 0.15) is 157 Å². The maximum Gasteiger partial charge on any atom is 0.309 e. The maximum absolute atomic E-state index is 15.4. The Kier molecular flexibility index (Phi) is 12.2. The molecular weight excluding hydrogens is 825 g/mol. The average Bonchev–Trinajstić information content (AvgIpc) is 3.91. The molecule has 9 fully saturated rings. The molecule has 9 heteroatoms. The molecule has 10 rings (SSSR count). The Hall–Kier alpha value is -2.49. The monoisotopic (exact) mass is 911 g/mol. The molecular formula is C57H86N2O7. The molecule has 2 aliphatic heterocycles. The zero-order valence-electron chi connectivity index (χ0n) is 42.3. The molecule has 0 bridgehead atoms. The first kappa shape index (κ1) is 47.2. The lowest BCUT2D eigenvalue weighted by molar-refractivity contribution is -0.253. The van der Waals surface area contributed by atoms with Crippen LogP contribution in [0.15, 0.2) is 30.3 Å². The fraction of sp³-hybridized carbons (Fsp3) is 0.842. The van der Waals surface area contributed by atoms with Crippen molar-refractivity contribution in [1.29, 1.82) is 0 Å². The Morgan fingerprint density at radius 2 is 1.38 bits per heavy atom. The highest BCUT2D eigenvalue weighted by Crippen LogP contribution is 2.79. The van der Waals surface area contributed by atoms with E-state index in [4.69, 9.17) is 18.9 Å². The van der Waals surface area contributed by atoms with Crippen molar-refractivity contribution in [3.63, 3.8) is 0 Å². The first-order chi connectivity index (χ1) is 31.4. The van der Waals surface area contributed by atoms with Crippen LogP contribution in [0.4, 0.5) is 0 Å². The second kappa shape index (κ2) is 17.1. The lowest BCUT2D eigenvalue weighted by atomic mass is 9.32. The largest absolute Gasteiger partial charge is 0.462 e. The summed E-state index contributed by atoms with van der Waals surface area (Å²) in [6, 6.07) is 9.80. The minimum Gasteiger partial charge on any atom is -0.462 e. The first-order valence-corrected chi connectivity index (χ1v) is 27.0. The number of hydrogen-bond donors (Lipinski definition) is 0. The van der Waals surface area contributed by atoms with Crippen LogP contribution in [-0.2, 0) is 39.9 Å². The van der Waals surface area contributed by atoms with E-state index in [0.29, 0.717) is 47.3 Å². The van der Waals surface area contributed by atoms with Crippen LogP contribution in [0.5, 0.6) is 0 Å². The SMILES string of the molecule is CC1([C@@H]2CC[C@]3(C(=O)N4CCC(OCCN5CCOCC5)CC4)CC[C@]4(C)[C@H](CC[C@@H]5[C@@]6(C)CC[C@H](OC(=O)[C@H]7C[C@@H](C(=O)OCc8ccccc8)C7(C)C)C(C)(C)[C@@H]6CC[C@]54C)[C@@H]23)CC1. The van der Waals surface area contributed by atoms with Crippen LogP contribution in [-0.4, -0.2) is 92.4 Å². The summed E-state index contributed by atoms with van der Waals surface area (Å²) in [5, 5.41) is 0. The van der Waals surface area contributed by atoms with Gasteiger partial charge in [0.25, 0.3) is 0 Å². The summed E-state index contributed by atoms with van der Waals surface area (Å²) in [6.07, 6.45) is 16.6. The lowest BCUT2D eigenvalue weighted by Gasteiger charge is -2.73. The molecule has 366 valence electrons. The van der Waals surface area contributed by atoms with E-state index in [0.717, 1.165) is 103 Å². The molecule has 1 aromatic carbocycles. The van der Waals surface area contributed by atoms with Gasteiger partial charge in [-0.25, -0.2) is 0 Å². The third-order valence-electron chi connectivity index (χ3n) is 22.6. The summed E-state index contributed by atoms with van der Waals surface area (Å²) >= 11 is 0. The molecule has 0 radical (unpaired) electrons. The molecule has 0 aromatic heterocycles. The fourth-order valence-corrected chi connectivity index (χ4v) is 18.0. The standard InChI is InChI=1S/C57H86N2O7/c1-51(2)42(48(60)65-37-38-12-10-9-11-13-38)36-43(51)49(61)66-46-18-21-54(6)44(52(46,3)4)17-22-56(8)45(54)15-14-41-47-40(53(5)24-25-53)16-23-57(47,27-26-55(41,56)7)50(62)59-28-19-39(20-29-59)64-35-32-58-30-33-63-34-31-58/h9-13,39-47H,14-37H2,1-8H3/t40-,41-,42+,43-,44+,45-,46+,47-,54+,55-,56-,57+/m1/s1. The van der Waals surface area contributed by atoms with E-state index < -0.39 is 5.41 Å². The predicted molar refractivity (Wildman–Crippen MR) is 256 cm³/mol. The molecule has 2 saturated heterocycles. The fourth-order valence-electron chi connectivity index (χ4n) is 18.0. The number of hydrogen-bond acceptors (Lipinski definition) is 8. The van der Waals surface area contributed by atoms with Gasteiger partial charge >= 0.3 is 11.9 Å². The molecule has 2 heterocycles. The van der Waals surface area contributed by atoms with Crippen molar-refractivity contribution in [3.05, 3.63) is 35.9 Å². The van der Waals surface area contributed by atoms with Crippen LogP contribution < -0.4 is 0 Å². The summed E-state index contributed by atoms with van der Waals surface area (Å²) in [7, 11) is 0. The molecule has 1 aromatic rings. The van der Waals surface area contributed by atoms with Gasteiger partial charge in [-0.1, -0.05) is 85.7 Å². The van der Waals surface area contributed by atoms with E-state index in [1.54, 1.807) is 0 Å². The lowest BCUT2D eigenvalue weighted by Crippen LogP contribution is -2.68. The minimum absolute atomic E-state index is 0.129. The third kappa shape index (κ3) is 7.57. The number of rotatable bonds is 11. The molecule has 9 aliphatic rings. The summed E-state index contributed by atoms with van der Waals surface area (Å²) in [4.78, 5) is 47.5. The van der Waals surface area contributed by atoms with Crippen molar-refractivity contribution < 1.29 is 33.3 Å². The van der Waals surface area contributed by atoms with Crippen molar-refractivity contribution in [1.82, 2.24) is 9.80 Å². The van der Waals surface area contributed by atoms with Crippen LogP contribution >= 0.6 is 0 Å². The topological polar surface area (TPSA) is 94.6 Å². The molecule has 7 aliphatic carbocycles. The second-order valence-corrected chi connectivity index (χ2v) is 26.0. The summed E-state index contributed by atoms with van der Waals surface area (Å²) in [5.74, 6) is 2.34. The van der Waals surface area contributed by atoms with Crippen LogP contribution in [0.2, 0.25) is 0 Å². The van der Waals surface area contributed by atoms with Crippen LogP contribution in [0, 0.1) is 79.3 Å². The Labute approximate surface area is 397 Å². The van der Waals surface area contributed by atoms with E-state index in [1.807, 2.05) is 44.2 Å². The summed E-state index contributed by atoms with van der Waals surface area (Å²) in [5.41, 5.74) is 1.04. The van der Waals surface area contributed by atoms with Gasteiger partial charge < -0.3 is 23.8 Å². The van der Waals surface area contributed by atoms with Gasteiger partial charge in [0.05, 0.1) is 43.2 Å². The van der Waals surface area contributed by atoms with Gasteiger partial charge in [-0.15, -0.1) is 0 Å². The molecule has 66 heavy (non-hydrogen) atoms. The smallest absolute Gasteiger partial charge is 0.309 e. The highest BCUT2D eigenvalue weighted by molar-refractivity contribution is 5.84. The van der Waals surface area contributed by atoms with Crippen molar-refractivity contribution in [2.75, 3.05) is 52.5 Å². The number of amides is 1. The van der Waals surface area contributed by atoms with Crippen molar-refractivity contribution in [3.8, 4) is 0 Å². The van der Waals surface area contributed by atoms with Gasteiger partial charge in [0.1, 0.15) is 12.7 Å². The number of benzene rings is 1. The van der Waals surface area contributed by atoms with Gasteiger partial charge in [0.15, 0.2) is 0 Å². The highest BCUT2D eigenvalue weighted by Gasteiger charge is 2.74. The number of esters is 2. The maximum atomic E-state index is 15.4. The Morgan fingerprint density at radius 3 is 2.08 bits per heavy atom. The molecule has 7 saturated carbocycles. The number of carbonyl (C=O) groups excluding carboxylic acids is 3. The van der Waals surface area contributed by atoms with Gasteiger partial charge in [-0.05, 0) is 159 Å².